The van der Waals surface area contributed by atoms with E-state index in [4.69, 9.17) is 9.52 Å². The van der Waals surface area contributed by atoms with Gasteiger partial charge >= 0.3 is 5.97 Å². The van der Waals surface area contributed by atoms with Crippen molar-refractivity contribution in [1.29, 1.82) is 0 Å². The number of aromatic nitrogens is 3. The van der Waals surface area contributed by atoms with Crippen molar-refractivity contribution in [1.82, 2.24) is 15.2 Å². The van der Waals surface area contributed by atoms with Crippen LogP contribution in [0.1, 0.15) is 22.1 Å². The maximum absolute atomic E-state index is 10.6. The smallest absolute Gasteiger partial charge is 0.337 e. The largest absolute Gasteiger partial charge is 0.478 e. The molecule has 6 nitrogen and oxygen atoms in total. The molecule has 0 saturated carbocycles. The van der Waals surface area contributed by atoms with Gasteiger partial charge in [-0.3, -0.25) is 0 Å². The number of hydrogen-bond donors (Lipinski definition) is 1. The molecule has 2 aromatic heterocycles. The van der Waals surface area contributed by atoms with Crippen LogP contribution in [0.2, 0.25) is 0 Å². The minimum atomic E-state index is -0.985. The zero-order valence-electron chi connectivity index (χ0n) is 8.95. The fourth-order valence-corrected chi connectivity index (χ4v) is 1.80. The van der Waals surface area contributed by atoms with Crippen LogP contribution in [0.4, 0.5) is 0 Å². The highest BCUT2D eigenvalue weighted by molar-refractivity contribution is 7.98. The lowest BCUT2D eigenvalue weighted by atomic mass is 10.3. The Balaban J connectivity index is 1.97. The Labute approximate surface area is 101 Å². The number of carbonyl (C=O) groups is 1. The summed E-state index contributed by atoms with van der Waals surface area (Å²) in [6.07, 6.45) is 1.32. The van der Waals surface area contributed by atoms with Gasteiger partial charge in [0.05, 0.1) is 16.3 Å². The van der Waals surface area contributed by atoms with Crippen molar-refractivity contribution in [3.8, 4) is 0 Å². The van der Waals surface area contributed by atoms with E-state index in [1.54, 1.807) is 13.0 Å². The molecule has 0 unspecified atom stereocenters. The Hall–Kier alpha value is -1.89. The van der Waals surface area contributed by atoms with Crippen LogP contribution in [-0.2, 0) is 5.75 Å². The minimum absolute atomic E-state index is 0.169. The third kappa shape index (κ3) is 3.04. The predicted octanol–water partition coefficient (Wildman–Crippen LogP) is 1.76. The average Bonchev–Trinajstić information content (AvgIpc) is 2.73. The standard InChI is InChI=1S/C10H9N3O3S/c1-6-12-13-8(16-6)5-17-9-3-2-7(4-11-9)10(14)15/h2-4H,5H2,1H3,(H,14,15). The molecule has 0 aliphatic rings. The van der Waals surface area contributed by atoms with E-state index >= 15 is 0 Å². The van der Waals surface area contributed by atoms with Gasteiger partial charge in [0.15, 0.2) is 0 Å². The summed E-state index contributed by atoms with van der Waals surface area (Å²) in [6, 6.07) is 3.16. The van der Waals surface area contributed by atoms with Crippen LogP contribution in [0.5, 0.6) is 0 Å². The van der Waals surface area contributed by atoms with Crippen molar-refractivity contribution in [3.05, 3.63) is 35.7 Å². The zero-order chi connectivity index (χ0) is 12.3. The molecule has 0 aromatic carbocycles. The molecular formula is C10H9N3O3S. The predicted molar refractivity (Wildman–Crippen MR) is 59.8 cm³/mol. The first-order chi connectivity index (χ1) is 8.15. The topological polar surface area (TPSA) is 89.1 Å². The number of thioether (sulfide) groups is 1. The number of aryl methyl sites for hydroxylation is 1. The molecule has 0 fully saturated rings. The minimum Gasteiger partial charge on any atom is -0.478 e. The summed E-state index contributed by atoms with van der Waals surface area (Å²) in [5, 5.41) is 17.0. The molecule has 17 heavy (non-hydrogen) atoms. The Morgan fingerprint density at radius 2 is 2.29 bits per heavy atom. The first kappa shape index (κ1) is 11.6. The van der Waals surface area contributed by atoms with E-state index in [1.165, 1.54) is 24.0 Å². The van der Waals surface area contributed by atoms with Gasteiger partial charge in [0.2, 0.25) is 11.8 Å². The average molecular weight is 251 g/mol. The third-order valence-corrected chi connectivity index (χ3v) is 2.82. The van der Waals surface area contributed by atoms with Crippen molar-refractivity contribution >= 4 is 17.7 Å². The summed E-state index contributed by atoms with van der Waals surface area (Å²) in [5.41, 5.74) is 0.169. The number of aromatic carboxylic acids is 1. The van der Waals surface area contributed by atoms with Gasteiger partial charge in [-0.2, -0.15) is 0 Å². The van der Waals surface area contributed by atoms with Crippen molar-refractivity contribution in [2.24, 2.45) is 0 Å². The molecule has 0 spiro atoms. The summed E-state index contributed by atoms with van der Waals surface area (Å²) in [4.78, 5) is 14.6. The molecule has 2 heterocycles. The van der Waals surface area contributed by atoms with E-state index in [9.17, 15) is 4.79 Å². The van der Waals surface area contributed by atoms with Gasteiger partial charge in [0.25, 0.3) is 0 Å². The van der Waals surface area contributed by atoms with Gasteiger partial charge in [-0.1, -0.05) is 11.8 Å². The summed E-state index contributed by atoms with van der Waals surface area (Å²) in [6.45, 7) is 1.72. The lowest BCUT2D eigenvalue weighted by molar-refractivity contribution is 0.0696. The molecule has 0 aliphatic carbocycles. The molecule has 2 aromatic rings. The van der Waals surface area contributed by atoms with Crippen molar-refractivity contribution in [2.45, 2.75) is 17.7 Å². The first-order valence-electron chi connectivity index (χ1n) is 4.76. The molecule has 0 bridgehead atoms. The molecule has 7 heteroatoms. The molecule has 1 N–H and O–H groups in total. The van der Waals surface area contributed by atoms with Crippen LogP contribution < -0.4 is 0 Å². The number of rotatable bonds is 4. The Morgan fingerprint density at radius 1 is 1.47 bits per heavy atom. The van der Waals surface area contributed by atoms with E-state index < -0.39 is 5.97 Å². The van der Waals surface area contributed by atoms with Crippen LogP contribution in [-0.4, -0.2) is 26.3 Å². The van der Waals surface area contributed by atoms with Crippen LogP contribution in [0, 0.1) is 6.92 Å². The van der Waals surface area contributed by atoms with Crippen molar-refractivity contribution in [3.63, 3.8) is 0 Å². The normalized spacial score (nSPS) is 10.4. The highest BCUT2D eigenvalue weighted by Gasteiger charge is 2.06. The van der Waals surface area contributed by atoms with E-state index in [0.717, 1.165) is 0 Å². The van der Waals surface area contributed by atoms with Gasteiger partial charge in [0, 0.05) is 13.1 Å². The number of pyridine rings is 1. The van der Waals surface area contributed by atoms with Crippen molar-refractivity contribution in [2.75, 3.05) is 0 Å². The number of hydrogen-bond acceptors (Lipinski definition) is 6. The zero-order valence-corrected chi connectivity index (χ0v) is 9.77. The lowest BCUT2D eigenvalue weighted by Crippen LogP contribution is -1.96. The van der Waals surface area contributed by atoms with Gasteiger partial charge in [0.1, 0.15) is 0 Å². The van der Waals surface area contributed by atoms with E-state index in [1.807, 2.05) is 0 Å². The van der Waals surface area contributed by atoms with E-state index in [-0.39, 0.29) is 5.56 Å². The Kier molecular flexibility index (Phi) is 3.38. The molecule has 0 saturated heterocycles. The van der Waals surface area contributed by atoms with E-state index in [2.05, 4.69) is 15.2 Å². The quantitative estimate of drug-likeness (QED) is 0.828. The van der Waals surface area contributed by atoms with Crippen LogP contribution >= 0.6 is 11.8 Å². The number of carboxylic acids is 1. The summed E-state index contributed by atoms with van der Waals surface area (Å²) in [7, 11) is 0. The highest BCUT2D eigenvalue weighted by atomic mass is 32.2. The Morgan fingerprint density at radius 3 is 2.82 bits per heavy atom. The fourth-order valence-electron chi connectivity index (χ4n) is 1.12. The second-order valence-electron chi connectivity index (χ2n) is 3.19. The Bertz CT molecular complexity index is 524. The summed E-state index contributed by atoms with van der Waals surface area (Å²) >= 11 is 1.41. The molecule has 0 amide bonds. The van der Waals surface area contributed by atoms with Crippen LogP contribution in [0.25, 0.3) is 0 Å². The molecule has 0 aliphatic heterocycles. The van der Waals surface area contributed by atoms with Crippen LogP contribution in [0.15, 0.2) is 27.8 Å². The molecule has 88 valence electrons. The summed E-state index contributed by atoms with van der Waals surface area (Å²) in [5.74, 6) is 0.577. The SMILES string of the molecule is Cc1nnc(CSc2ccc(C(=O)O)cn2)o1. The summed E-state index contributed by atoms with van der Waals surface area (Å²) < 4.78 is 5.20. The van der Waals surface area contributed by atoms with Gasteiger partial charge in [-0.25, -0.2) is 9.78 Å². The molecule has 0 radical (unpaired) electrons. The number of carboxylic acid groups (broad SMARTS) is 1. The highest BCUT2D eigenvalue weighted by Crippen LogP contribution is 2.20. The number of nitrogens with zero attached hydrogens (tertiary/aromatic N) is 3. The molecular weight excluding hydrogens is 242 g/mol. The second-order valence-corrected chi connectivity index (χ2v) is 4.19. The van der Waals surface area contributed by atoms with E-state index in [0.29, 0.717) is 22.6 Å². The first-order valence-corrected chi connectivity index (χ1v) is 5.75. The van der Waals surface area contributed by atoms with Crippen LogP contribution in [0.3, 0.4) is 0 Å². The fraction of sp³-hybridized carbons (Fsp3) is 0.200. The maximum atomic E-state index is 10.6. The molecule has 2 rings (SSSR count). The van der Waals surface area contributed by atoms with Gasteiger partial charge < -0.3 is 9.52 Å². The lowest BCUT2D eigenvalue weighted by Gasteiger charge is -1.98. The molecule has 0 atom stereocenters. The van der Waals surface area contributed by atoms with Crippen molar-refractivity contribution < 1.29 is 14.3 Å². The maximum Gasteiger partial charge on any atom is 0.337 e. The van der Waals surface area contributed by atoms with Gasteiger partial charge in [-0.05, 0) is 12.1 Å². The third-order valence-electron chi connectivity index (χ3n) is 1.89. The second kappa shape index (κ2) is 4.96. The monoisotopic (exact) mass is 251 g/mol. The van der Waals surface area contributed by atoms with Gasteiger partial charge in [-0.15, -0.1) is 10.2 Å².